The van der Waals surface area contributed by atoms with Crippen LogP contribution in [0, 0.1) is 0 Å². The summed E-state index contributed by atoms with van der Waals surface area (Å²) < 4.78 is 10.6. The summed E-state index contributed by atoms with van der Waals surface area (Å²) >= 11 is 0. The summed E-state index contributed by atoms with van der Waals surface area (Å²) in [4.78, 5) is 54.9. The predicted octanol–water partition coefficient (Wildman–Crippen LogP) is 5.23. The lowest BCUT2D eigenvalue weighted by molar-refractivity contribution is -0.142. The second-order valence-corrected chi connectivity index (χ2v) is 11.7. The molecule has 0 aliphatic heterocycles. The van der Waals surface area contributed by atoms with Crippen LogP contribution in [0.3, 0.4) is 0 Å². The summed E-state index contributed by atoms with van der Waals surface area (Å²) in [6.45, 7) is 11.3. The zero-order valence-electron chi connectivity index (χ0n) is 26.5. The number of hydrogen-bond acceptors (Lipinski definition) is 6. The summed E-state index contributed by atoms with van der Waals surface area (Å²) in [6, 6.07) is 20.9. The van der Waals surface area contributed by atoms with E-state index in [1.54, 1.807) is 27.8 Å². The van der Waals surface area contributed by atoms with Gasteiger partial charge in [-0.3, -0.25) is 19.3 Å². The highest BCUT2D eigenvalue weighted by atomic mass is 16.6. The summed E-state index contributed by atoms with van der Waals surface area (Å²) in [7, 11) is 3.05. The minimum Gasteiger partial charge on any atom is -0.466 e. The molecule has 234 valence electrons. The molecule has 0 aliphatic rings. The first-order chi connectivity index (χ1) is 20.8. The molecule has 3 aromatic carbocycles. The maximum atomic E-state index is 14.4. The number of carbonyl (C=O) groups excluding carboxylic acids is 4. The van der Waals surface area contributed by atoms with Gasteiger partial charge in [0.25, 0.3) is 5.91 Å². The fourth-order valence-electron chi connectivity index (χ4n) is 4.74. The Morgan fingerprint density at radius 1 is 0.886 bits per heavy atom. The number of fused-ring (bicyclic) bond motifs is 1. The highest BCUT2D eigenvalue weighted by Gasteiger charge is 2.38. The van der Waals surface area contributed by atoms with Crippen molar-refractivity contribution in [2.24, 2.45) is 0 Å². The van der Waals surface area contributed by atoms with Crippen LogP contribution in [0.2, 0.25) is 0 Å². The Morgan fingerprint density at radius 3 is 2.16 bits per heavy atom. The normalized spacial score (nSPS) is 12.5. The average molecular weight is 602 g/mol. The van der Waals surface area contributed by atoms with Gasteiger partial charge in [-0.2, -0.15) is 0 Å². The molecule has 9 heteroatoms. The van der Waals surface area contributed by atoms with Gasteiger partial charge in [-0.05, 0) is 60.7 Å². The van der Waals surface area contributed by atoms with Gasteiger partial charge < -0.3 is 19.7 Å². The fourth-order valence-corrected chi connectivity index (χ4v) is 4.74. The van der Waals surface area contributed by atoms with Gasteiger partial charge in [0.2, 0.25) is 5.91 Å². The number of carbonyl (C=O) groups is 4. The van der Waals surface area contributed by atoms with Gasteiger partial charge in [-0.15, -0.1) is 0 Å². The first-order valence-corrected chi connectivity index (χ1v) is 14.6. The van der Waals surface area contributed by atoms with Crippen LogP contribution in [0.15, 0.2) is 79.4 Å². The van der Waals surface area contributed by atoms with Crippen molar-refractivity contribution in [3.8, 4) is 0 Å². The second kappa shape index (κ2) is 15.2. The molecule has 44 heavy (non-hydrogen) atoms. The minimum absolute atomic E-state index is 0.169. The molecular formula is C35H43N3O6. The van der Waals surface area contributed by atoms with E-state index in [9.17, 15) is 19.2 Å². The van der Waals surface area contributed by atoms with Gasteiger partial charge in [-0.1, -0.05) is 73.3 Å². The number of hydrogen-bond donors (Lipinski definition) is 1. The number of esters is 1. The van der Waals surface area contributed by atoms with Crippen molar-refractivity contribution in [1.82, 2.24) is 15.1 Å². The van der Waals surface area contributed by atoms with E-state index >= 15 is 0 Å². The van der Waals surface area contributed by atoms with Crippen molar-refractivity contribution in [3.63, 3.8) is 0 Å². The van der Waals surface area contributed by atoms with E-state index in [0.29, 0.717) is 17.6 Å². The lowest BCUT2D eigenvalue weighted by atomic mass is 9.94. The number of benzene rings is 3. The number of nitrogens with one attached hydrogen (secondary N) is 1. The van der Waals surface area contributed by atoms with E-state index in [1.807, 2.05) is 72.8 Å². The van der Waals surface area contributed by atoms with Crippen LogP contribution < -0.4 is 5.32 Å². The van der Waals surface area contributed by atoms with Crippen LogP contribution >= 0.6 is 0 Å². The predicted molar refractivity (Wildman–Crippen MR) is 172 cm³/mol. The number of nitrogens with zero attached hydrogens (tertiary/aromatic N) is 2. The lowest BCUT2D eigenvalue weighted by Gasteiger charge is -2.36. The molecule has 2 atom stereocenters. The topological polar surface area (TPSA) is 105 Å². The average Bonchev–Trinajstić information content (AvgIpc) is 2.98. The van der Waals surface area contributed by atoms with Gasteiger partial charge in [-0.25, -0.2) is 4.79 Å². The monoisotopic (exact) mass is 601 g/mol. The zero-order valence-corrected chi connectivity index (χ0v) is 26.5. The van der Waals surface area contributed by atoms with E-state index in [1.165, 1.54) is 23.8 Å². The highest BCUT2D eigenvalue weighted by molar-refractivity contribution is 6.00. The van der Waals surface area contributed by atoms with Gasteiger partial charge >= 0.3 is 12.1 Å². The Bertz CT molecular complexity index is 1480. The fraction of sp³-hybridized carbons (Fsp3) is 0.371. The Labute approximate surface area is 259 Å². The van der Waals surface area contributed by atoms with Crippen LogP contribution in [0.4, 0.5) is 4.79 Å². The van der Waals surface area contributed by atoms with Crippen molar-refractivity contribution < 1.29 is 28.7 Å². The molecule has 0 aromatic heterocycles. The first-order valence-electron chi connectivity index (χ1n) is 14.6. The molecule has 0 unspecified atom stereocenters. The van der Waals surface area contributed by atoms with Crippen molar-refractivity contribution in [2.75, 3.05) is 27.2 Å². The molecule has 0 fully saturated rings. The van der Waals surface area contributed by atoms with Crippen molar-refractivity contribution in [2.45, 2.75) is 58.2 Å². The molecule has 3 aromatic rings. The van der Waals surface area contributed by atoms with E-state index in [4.69, 9.17) is 9.47 Å². The molecule has 0 bridgehead atoms. The van der Waals surface area contributed by atoms with Gasteiger partial charge in [0.1, 0.15) is 17.7 Å². The molecule has 0 spiro atoms. The third-order valence-electron chi connectivity index (χ3n) is 7.07. The summed E-state index contributed by atoms with van der Waals surface area (Å²) in [6.07, 6.45) is -0.0331. The van der Waals surface area contributed by atoms with E-state index in [-0.39, 0.29) is 25.5 Å². The Morgan fingerprint density at radius 2 is 1.52 bits per heavy atom. The number of ether oxygens (including phenoxy) is 2. The standard InChI is InChI=1S/C35H43N3O6/c1-24(28-19-18-27-16-11-12-17-29(27)23-28)31(38(7)34(42)44-35(3,4)5)33(41)37(6)30(22-26-14-9-8-10-15-26)32(40)36-20-13-21-43-25(2)39/h8-12,14-19,23,30-31H,1,13,20-22H2,2-7H3,(H,36,40)/t30-,31-/m1/s1. The third kappa shape index (κ3) is 9.42. The highest BCUT2D eigenvalue weighted by Crippen LogP contribution is 2.27. The van der Waals surface area contributed by atoms with Crippen LogP contribution in [0.5, 0.6) is 0 Å². The third-order valence-corrected chi connectivity index (χ3v) is 7.07. The summed E-state index contributed by atoms with van der Waals surface area (Å²) in [5.41, 5.74) is 1.14. The van der Waals surface area contributed by atoms with Gasteiger partial charge in [0.05, 0.1) is 6.61 Å². The molecule has 3 amide bonds. The SMILES string of the molecule is C=C(c1ccc2ccccc2c1)[C@H](C(=O)N(C)[C@H](Cc1ccccc1)C(=O)NCCCOC(C)=O)N(C)C(=O)OC(C)(C)C. The van der Waals surface area contributed by atoms with Crippen LogP contribution in [-0.4, -0.2) is 78.6 Å². The van der Waals surface area contributed by atoms with Crippen LogP contribution in [0.25, 0.3) is 16.3 Å². The van der Waals surface area contributed by atoms with Crippen LogP contribution in [0.1, 0.15) is 45.2 Å². The first kappa shape index (κ1) is 33.8. The van der Waals surface area contributed by atoms with Crippen molar-refractivity contribution in [1.29, 1.82) is 0 Å². The molecule has 3 rings (SSSR count). The van der Waals surface area contributed by atoms with Crippen molar-refractivity contribution >= 4 is 40.2 Å². The molecule has 9 nitrogen and oxygen atoms in total. The largest absolute Gasteiger partial charge is 0.466 e. The molecule has 0 radical (unpaired) electrons. The quantitative estimate of drug-likeness (QED) is 0.225. The Balaban J connectivity index is 1.96. The minimum atomic E-state index is -1.16. The smallest absolute Gasteiger partial charge is 0.410 e. The Kier molecular flexibility index (Phi) is 11.7. The number of amides is 3. The molecule has 0 saturated carbocycles. The van der Waals surface area contributed by atoms with Gasteiger partial charge in [0.15, 0.2) is 0 Å². The van der Waals surface area contributed by atoms with Crippen molar-refractivity contribution in [3.05, 3.63) is 90.5 Å². The maximum absolute atomic E-state index is 14.4. The molecular weight excluding hydrogens is 558 g/mol. The lowest BCUT2D eigenvalue weighted by Crippen LogP contribution is -2.56. The summed E-state index contributed by atoms with van der Waals surface area (Å²) in [5.74, 6) is -1.26. The van der Waals surface area contributed by atoms with Crippen LogP contribution in [-0.2, 0) is 30.3 Å². The molecule has 0 aliphatic carbocycles. The zero-order chi connectivity index (χ0) is 32.4. The maximum Gasteiger partial charge on any atom is 0.410 e. The van der Waals surface area contributed by atoms with E-state index in [0.717, 1.165) is 16.3 Å². The number of rotatable bonds is 12. The van der Waals surface area contributed by atoms with Gasteiger partial charge in [0, 0.05) is 34.0 Å². The Hall–Kier alpha value is -4.66. The van der Waals surface area contributed by atoms with E-state index < -0.39 is 35.7 Å². The van der Waals surface area contributed by atoms with E-state index in [2.05, 4.69) is 11.9 Å². The molecule has 0 saturated heterocycles. The number of likely N-dealkylation sites (N-methyl/N-ethyl adjacent to an activating group) is 2. The molecule has 1 N–H and O–H groups in total. The second-order valence-electron chi connectivity index (χ2n) is 11.7. The summed E-state index contributed by atoms with van der Waals surface area (Å²) in [5, 5.41) is 4.85. The molecule has 0 heterocycles.